The van der Waals surface area contributed by atoms with Gasteiger partial charge < -0.3 is 9.80 Å². The minimum absolute atomic E-state index is 0.301. The summed E-state index contributed by atoms with van der Waals surface area (Å²) in [5.41, 5.74) is 1.24. The zero-order chi connectivity index (χ0) is 14.9. The summed E-state index contributed by atoms with van der Waals surface area (Å²) in [6.07, 6.45) is 13.5. The zero-order valence-corrected chi connectivity index (χ0v) is 13.0. The quantitative estimate of drug-likeness (QED) is 0.801. The number of hydrogen-bond donors (Lipinski definition) is 0. The molecule has 0 N–H and O–H groups in total. The lowest BCUT2D eigenvalue weighted by Crippen LogP contribution is -2.53. The smallest absolute Gasteiger partial charge is 0.320 e. The van der Waals surface area contributed by atoms with E-state index in [4.69, 9.17) is 0 Å². The second kappa shape index (κ2) is 5.86. The number of carbonyl (C=O) groups excluding carboxylic acids is 1. The molecule has 118 valence electrons. The first-order valence-corrected chi connectivity index (χ1v) is 8.65. The summed E-state index contributed by atoms with van der Waals surface area (Å²) in [7, 11) is 0. The molecule has 0 spiro atoms. The molecule has 2 atom stereocenters. The highest BCUT2D eigenvalue weighted by Gasteiger charge is 2.44. The maximum absolute atomic E-state index is 12.9. The fraction of sp³-hybridized carbons (Fsp3) is 0.706. The summed E-state index contributed by atoms with van der Waals surface area (Å²) in [6.45, 7) is 1.90. The van der Waals surface area contributed by atoms with Crippen LogP contribution in [0.25, 0.3) is 0 Å². The lowest BCUT2D eigenvalue weighted by atomic mass is 9.86. The Labute approximate surface area is 131 Å². The normalized spacial score (nSPS) is 31.4. The van der Waals surface area contributed by atoms with Crippen LogP contribution in [0.15, 0.2) is 18.7 Å². The Kier molecular flexibility index (Phi) is 3.72. The fourth-order valence-corrected chi connectivity index (χ4v) is 4.53. The molecule has 2 unspecified atom stereocenters. The summed E-state index contributed by atoms with van der Waals surface area (Å²) in [5.74, 6) is 0.518. The molecule has 4 heterocycles. The molecule has 0 saturated carbocycles. The molecule has 5 nitrogen and oxygen atoms in total. The van der Waals surface area contributed by atoms with E-state index in [1.165, 1.54) is 24.8 Å². The second-order valence-electron chi connectivity index (χ2n) is 6.96. The molecule has 3 fully saturated rings. The van der Waals surface area contributed by atoms with Crippen molar-refractivity contribution in [2.75, 3.05) is 13.1 Å². The number of nitrogens with zero attached hydrogens (tertiary/aromatic N) is 4. The molecule has 3 aliphatic rings. The highest BCUT2D eigenvalue weighted by molar-refractivity contribution is 5.76. The summed E-state index contributed by atoms with van der Waals surface area (Å²) in [5, 5.41) is 0. The van der Waals surface area contributed by atoms with Crippen molar-refractivity contribution < 1.29 is 4.79 Å². The van der Waals surface area contributed by atoms with Crippen LogP contribution in [-0.4, -0.2) is 51.0 Å². The van der Waals surface area contributed by atoms with Crippen LogP contribution in [-0.2, 0) is 0 Å². The zero-order valence-electron chi connectivity index (χ0n) is 13.0. The van der Waals surface area contributed by atoms with Crippen molar-refractivity contribution in [3.8, 4) is 0 Å². The topological polar surface area (TPSA) is 49.3 Å². The van der Waals surface area contributed by atoms with E-state index in [1.54, 1.807) is 6.33 Å². The summed E-state index contributed by atoms with van der Waals surface area (Å²) in [6, 6.07) is 1.13. The van der Waals surface area contributed by atoms with E-state index in [-0.39, 0.29) is 0 Å². The molecule has 1 aromatic rings. The van der Waals surface area contributed by atoms with Crippen molar-refractivity contribution in [1.29, 1.82) is 0 Å². The van der Waals surface area contributed by atoms with E-state index < -0.39 is 0 Å². The molecular weight excluding hydrogens is 276 g/mol. The van der Waals surface area contributed by atoms with E-state index in [0.29, 0.717) is 24.0 Å². The third-order valence-corrected chi connectivity index (χ3v) is 5.63. The maximum atomic E-state index is 12.9. The van der Waals surface area contributed by atoms with Gasteiger partial charge in [-0.3, -0.25) is 0 Å². The summed E-state index contributed by atoms with van der Waals surface area (Å²) < 4.78 is 0. The van der Waals surface area contributed by atoms with Crippen molar-refractivity contribution in [3.63, 3.8) is 0 Å². The standard InChI is InChI=1S/C17H24N4O/c22-17(20-6-2-1-3-7-20)21-15-4-5-16(21)9-13(8-15)14-10-18-12-19-11-14/h10-13,15-16H,1-9H2. The Balaban J connectivity index is 1.48. The number of hydrogen-bond acceptors (Lipinski definition) is 3. The number of fused-ring (bicyclic) bond motifs is 2. The average molecular weight is 300 g/mol. The first-order chi connectivity index (χ1) is 10.8. The molecule has 22 heavy (non-hydrogen) atoms. The highest BCUT2D eigenvalue weighted by Crippen LogP contribution is 2.43. The van der Waals surface area contributed by atoms with Gasteiger partial charge in [-0.25, -0.2) is 14.8 Å². The molecule has 0 aliphatic carbocycles. The van der Waals surface area contributed by atoms with Crippen LogP contribution in [0, 0.1) is 0 Å². The fourth-order valence-electron chi connectivity index (χ4n) is 4.53. The van der Waals surface area contributed by atoms with Crippen molar-refractivity contribution in [2.45, 2.75) is 62.9 Å². The van der Waals surface area contributed by atoms with Crippen LogP contribution >= 0.6 is 0 Å². The van der Waals surface area contributed by atoms with Gasteiger partial charge in [0.15, 0.2) is 0 Å². The maximum Gasteiger partial charge on any atom is 0.320 e. The van der Waals surface area contributed by atoms with Crippen molar-refractivity contribution in [1.82, 2.24) is 19.8 Å². The van der Waals surface area contributed by atoms with E-state index in [2.05, 4.69) is 19.8 Å². The van der Waals surface area contributed by atoms with Crippen LogP contribution < -0.4 is 0 Å². The van der Waals surface area contributed by atoms with Crippen molar-refractivity contribution >= 4 is 6.03 Å². The predicted octanol–water partition coefficient (Wildman–Crippen LogP) is 2.79. The molecular formula is C17H24N4O. The van der Waals surface area contributed by atoms with E-state index in [1.807, 2.05) is 12.4 Å². The van der Waals surface area contributed by atoms with Gasteiger partial charge in [0.2, 0.25) is 0 Å². The first-order valence-electron chi connectivity index (χ1n) is 8.65. The van der Waals surface area contributed by atoms with Gasteiger partial charge in [-0.15, -0.1) is 0 Å². The van der Waals surface area contributed by atoms with Crippen LogP contribution in [0.5, 0.6) is 0 Å². The number of carbonyl (C=O) groups is 1. The van der Waals surface area contributed by atoms with Gasteiger partial charge in [-0.1, -0.05) is 0 Å². The van der Waals surface area contributed by atoms with Gasteiger partial charge in [-0.05, 0) is 56.4 Å². The van der Waals surface area contributed by atoms with Crippen LogP contribution in [0.4, 0.5) is 4.79 Å². The van der Waals surface area contributed by atoms with E-state index >= 15 is 0 Å². The van der Waals surface area contributed by atoms with Gasteiger partial charge in [0.1, 0.15) is 6.33 Å². The molecule has 5 heteroatoms. The number of urea groups is 1. The third kappa shape index (κ3) is 2.46. The molecule has 2 bridgehead atoms. The van der Waals surface area contributed by atoms with Gasteiger partial charge in [-0.2, -0.15) is 0 Å². The van der Waals surface area contributed by atoms with Crippen LogP contribution in [0.3, 0.4) is 0 Å². The molecule has 4 rings (SSSR count). The third-order valence-electron chi connectivity index (χ3n) is 5.63. The van der Waals surface area contributed by atoms with Crippen molar-refractivity contribution in [3.05, 3.63) is 24.3 Å². The monoisotopic (exact) mass is 300 g/mol. The first kappa shape index (κ1) is 14.0. The Morgan fingerprint density at radius 2 is 1.64 bits per heavy atom. The van der Waals surface area contributed by atoms with E-state index in [0.717, 1.165) is 38.8 Å². The average Bonchev–Trinajstić information content (AvgIpc) is 2.85. The van der Waals surface area contributed by atoms with E-state index in [9.17, 15) is 4.79 Å². The SMILES string of the molecule is O=C(N1CCCCC1)N1C2CCC1CC(c1cncnc1)C2. The number of rotatable bonds is 1. The predicted molar refractivity (Wildman–Crippen MR) is 83.5 cm³/mol. The van der Waals surface area contributed by atoms with Gasteiger partial charge >= 0.3 is 6.03 Å². The largest absolute Gasteiger partial charge is 0.325 e. The molecule has 0 radical (unpaired) electrons. The summed E-state index contributed by atoms with van der Waals surface area (Å²) >= 11 is 0. The molecule has 0 aromatic carbocycles. The number of aromatic nitrogens is 2. The van der Waals surface area contributed by atoms with Crippen molar-refractivity contribution in [2.24, 2.45) is 0 Å². The minimum Gasteiger partial charge on any atom is -0.325 e. The van der Waals surface area contributed by atoms with Gasteiger partial charge in [0, 0.05) is 37.6 Å². The minimum atomic E-state index is 0.301. The number of amides is 2. The molecule has 3 saturated heterocycles. The van der Waals surface area contributed by atoms with Crippen LogP contribution in [0.2, 0.25) is 0 Å². The Morgan fingerprint density at radius 1 is 1.00 bits per heavy atom. The lowest BCUT2D eigenvalue weighted by Gasteiger charge is -2.42. The number of piperidine rings is 2. The molecule has 1 aromatic heterocycles. The molecule has 3 aliphatic heterocycles. The number of likely N-dealkylation sites (tertiary alicyclic amines) is 1. The highest BCUT2D eigenvalue weighted by atomic mass is 16.2. The van der Waals surface area contributed by atoms with Gasteiger partial charge in [0.25, 0.3) is 0 Å². The summed E-state index contributed by atoms with van der Waals surface area (Å²) in [4.78, 5) is 25.5. The van der Waals surface area contributed by atoms with Gasteiger partial charge in [0.05, 0.1) is 0 Å². The Morgan fingerprint density at radius 3 is 2.27 bits per heavy atom. The second-order valence-corrected chi connectivity index (χ2v) is 6.96. The lowest BCUT2D eigenvalue weighted by molar-refractivity contribution is 0.0990. The Bertz CT molecular complexity index is 515. The van der Waals surface area contributed by atoms with Crippen LogP contribution in [0.1, 0.15) is 56.4 Å². The molecule has 2 amide bonds. The Hall–Kier alpha value is -1.65.